The zero-order chi connectivity index (χ0) is 18.0. The van der Waals surface area contributed by atoms with Gasteiger partial charge < -0.3 is 20.1 Å². The van der Waals surface area contributed by atoms with E-state index < -0.39 is 0 Å². The minimum atomic E-state index is 0. The first-order valence-corrected chi connectivity index (χ1v) is 9.47. The third-order valence-corrected chi connectivity index (χ3v) is 4.86. The number of halogens is 1. The average molecular weight is 481 g/mol. The largest absolute Gasteiger partial charge is 0.493 e. The van der Waals surface area contributed by atoms with Gasteiger partial charge in [-0.05, 0) is 44.2 Å². The summed E-state index contributed by atoms with van der Waals surface area (Å²) in [7, 11) is 3.44. The van der Waals surface area contributed by atoms with E-state index >= 15 is 0 Å². The van der Waals surface area contributed by atoms with Gasteiger partial charge in [0.2, 0.25) is 0 Å². The summed E-state index contributed by atoms with van der Waals surface area (Å²) in [5.74, 6) is 2.34. The van der Waals surface area contributed by atoms with Gasteiger partial charge in [-0.3, -0.25) is 4.99 Å². The van der Waals surface area contributed by atoms with Crippen molar-refractivity contribution in [3.8, 4) is 11.5 Å². The first-order chi connectivity index (χ1) is 11.5. The van der Waals surface area contributed by atoms with E-state index in [0.29, 0.717) is 13.2 Å². The molecule has 0 saturated heterocycles. The molecule has 1 rings (SSSR count). The van der Waals surface area contributed by atoms with E-state index in [0.717, 1.165) is 36.0 Å². The zero-order valence-corrected chi connectivity index (χ0v) is 19.3. The number of guanidine groups is 1. The predicted octanol–water partition coefficient (Wildman–Crippen LogP) is 3.91. The summed E-state index contributed by atoms with van der Waals surface area (Å²) in [5, 5.41) is 6.69. The molecule has 0 aliphatic carbocycles. The third-order valence-electron chi connectivity index (χ3n) is 3.61. The monoisotopic (exact) mass is 481 g/mol. The van der Waals surface area contributed by atoms with Crippen molar-refractivity contribution in [3.05, 3.63) is 23.8 Å². The number of methoxy groups -OCH3 is 1. The first kappa shape index (κ1) is 24.2. The zero-order valence-electron chi connectivity index (χ0n) is 16.1. The molecule has 0 amide bonds. The molecule has 5 nitrogen and oxygen atoms in total. The lowest BCUT2D eigenvalue weighted by Crippen LogP contribution is -2.42. The van der Waals surface area contributed by atoms with Gasteiger partial charge in [-0.1, -0.05) is 13.0 Å². The normalized spacial score (nSPS) is 11.5. The number of thioether (sulfide) groups is 1. The Morgan fingerprint density at radius 2 is 1.96 bits per heavy atom. The molecule has 0 bridgehead atoms. The molecule has 25 heavy (non-hydrogen) atoms. The lowest BCUT2D eigenvalue weighted by atomic mass is 10.2. The topological polar surface area (TPSA) is 54.9 Å². The van der Waals surface area contributed by atoms with Crippen LogP contribution in [0.2, 0.25) is 0 Å². The number of hydrogen-bond acceptors (Lipinski definition) is 4. The molecule has 2 N–H and O–H groups in total. The molecule has 7 heteroatoms. The van der Waals surface area contributed by atoms with E-state index in [1.807, 2.05) is 30.0 Å². The highest BCUT2D eigenvalue weighted by Crippen LogP contribution is 2.28. The molecule has 0 fully saturated rings. The smallest absolute Gasteiger partial charge is 0.191 e. The van der Waals surface area contributed by atoms with Gasteiger partial charge in [0.05, 0.1) is 13.7 Å². The van der Waals surface area contributed by atoms with Gasteiger partial charge in [-0.2, -0.15) is 11.8 Å². The first-order valence-electron chi connectivity index (χ1n) is 8.25. The van der Waals surface area contributed by atoms with Crippen LogP contribution in [-0.2, 0) is 6.54 Å². The minimum Gasteiger partial charge on any atom is -0.493 e. The Hall–Kier alpha value is -0.830. The van der Waals surface area contributed by atoms with Crippen molar-refractivity contribution in [2.45, 2.75) is 38.5 Å². The van der Waals surface area contributed by atoms with E-state index in [1.165, 1.54) is 0 Å². The Balaban J connectivity index is 0.00000576. The van der Waals surface area contributed by atoms with Gasteiger partial charge in [0, 0.05) is 24.9 Å². The summed E-state index contributed by atoms with van der Waals surface area (Å²) in [6, 6.07) is 6.00. The molecule has 0 atom stereocenters. The number of ether oxygens (including phenoxy) is 2. The fourth-order valence-corrected chi connectivity index (χ4v) is 2.14. The van der Waals surface area contributed by atoms with Crippen molar-refractivity contribution >= 4 is 41.7 Å². The Kier molecular flexibility index (Phi) is 12.1. The van der Waals surface area contributed by atoms with Crippen molar-refractivity contribution < 1.29 is 9.47 Å². The second-order valence-corrected chi connectivity index (χ2v) is 7.59. The summed E-state index contributed by atoms with van der Waals surface area (Å²) in [4.78, 5) is 4.27. The number of aliphatic imine (C=N–C) groups is 1. The fraction of sp³-hybridized carbons (Fsp3) is 0.611. The lowest BCUT2D eigenvalue weighted by molar-refractivity contribution is 0.294. The van der Waals surface area contributed by atoms with Crippen molar-refractivity contribution in [1.82, 2.24) is 10.6 Å². The second kappa shape index (κ2) is 12.5. The maximum Gasteiger partial charge on any atom is 0.191 e. The maximum absolute atomic E-state index is 5.68. The number of nitrogens with one attached hydrogen (secondary N) is 2. The molecule has 1 aromatic rings. The summed E-state index contributed by atoms with van der Waals surface area (Å²) in [5.41, 5.74) is 1.11. The van der Waals surface area contributed by atoms with Crippen LogP contribution in [0.4, 0.5) is 0 Å². The molecule has 144 valence electrons. The molecular formula is C18H32IN3O2S. The summed E-state index contributed by atoms with van der Waals surface area (Å²) < 4.78 is 11.3. The molecule has 0 aromatic heterocycles. The fourth-order valence-electron chi connectivity index (χ4n) is 1.93. The van der Waals surface area contributed by atoms with Crippen LogP contribution in [0.1, 0.15) is 32.8 Å². The molecule has 0 aliphatic heterocycles. The Bertz CT molecular complexity index is 539. The van der Waals surface area contributed by atoms with E-state index in [9.17, 15) is 0 Å². The summed E-state index contributed by atoms with van der Waals surface area (Å²) in [6.45, 7) is 8.71. The van der Waals surface area contributed by atoms with Gasteiger partial charge in [-0.15, -0.1) is 24.0 Å². The van der Waals surface area contributed by atoms with E-state index in [2.05, 4.69) is 42.7 Å². The number of rotatable bonds is 9. The Labute approximate surface area is 173 Å². The molecule has 0 aliphatic rings. The summed E-state index contributed by atoms with van der Waals surface area (Å²) in [6.07, 6.45) is 3.09. The van der Waals surface area contributed by atoms with E-state index in [-0.39, 0.29) is 28.7 Å². The highest BCUT2D eigenvalue weighted by atomic mass is 127. The highest BCUT2D eigenvalue weighted by molar-refractivity contribution is 14.0. The van der Waals surface area contributed by atoms with Crippen LogP contribution >= 0.6 is 35.7 Å². The molecule has 0 spiro atoms. The van der Waals surface area contributed by atoms with Gasteiger partial charge >= 0.3 is 0 Å². The number of hydrogen-bond donors (Lipinski definition) is 2. The molecule has 1 aromatic carbocycles. The van der Waals surface area contributed by atoms with Crippen LogP contribution in [0.25, 0.3) is 0 Å². The molecule has 0 unspecified atom stereocenters. The second-order valence-electron chi connectivity index (χ2n) is 6.08. The Morgan fingerprint density at radius 3 is 2.52 bits per heavy atom. The lowest BCUT2D eigenvalue weighted by Gasteiger charge is -2.23. The van der Waals surface area contributed by atoms with Crippen molar-refractivity contribution in [3.63, 3.8) is 0 Å². The quantitative estimate of drug-likeness (QED) is 0.318. The average Bonchev–Trinajstić information content (AvgIpc) is 2.60. The molecule has 0 radical (unpaired) electrons. The van der Waals surface area contributed by atoms with Gasteiger partial charge in [0.25, 0.3) is 0 Å². The predicted molar refractivity (Wildman–Crippen MR) is 120 cm³/mol. The highest BCUT2D eigenvalue weighted by Gasteiger charge is 2.16. The van der Waals surface area contributed by atoms with Gasteiger partial charge in [0.1, 0.15) is 0 Å². The SMILES string of the molecule is CCCOc1ccc(CNC(=NC)NCC(C)(C)SC)cc1OC.I. The van der Waals surface area contributed by atoms with Crippen LogP contribution in [0.3, 0.4) is 0 Å². The summed E-state index contributed by atoms with van der Waals surface area (Å²) >= 11 is 1.83. The van der Waals surface area contributed by atoms with Gasteiger partial charge in [-0.25, -0.2) is 0 Å². The van der Waals surface area contributed by atoms with Crippen LogP contribution in [0.15, 0.2) is 23.2 Å². The van der Waals surface area contributed by atoms with Crippen molar-refractivity contribution in [1.29, 1.82) is 0 Å². The van der Waals surface area contributed by atoms with Gasteiger partial charge in [0.15, 0.2) is 17.5 Å². The molecule has 0 heterocycles. The number of benzene rings is 1. The van der Waals surface area contributed by atoms with E-state index in [1.54, 1.807) is 14.2 Å². The standard InChI is InChI=1S/C18H31N3O2S.HI/c1-7-10-23-15-9-8-14(11-16(15)22-5)12-20-17(19-4)21-13-18(2,3)24-6;/h8-9,11H,7,10,12-13H2,1-6H3,(H2,19,20,21);1H. The number of nitrogens with zero attached hydrogens (tertiary/aromatic N) is 1. The van der Waals surface area contributed by atoms with Crippen LogP contribution in [0.5, 0.6) is 11.5 Å². The van der Waals surface area contributed by atoms with Crippen LogP contribution in [0, 0.1) is 0 Å². The molecular weight excluding hydrogens is 449 g/mol. The van der Waals surface area contributed by atoms with Crippen molar-refractivity contribution in [2.75, 3.05) is 33.6 Å². The van der Waals surface area contributed by atoms with Crippen LogP contribution in [-0.4, -0.2) is 44.3 Å². The molecule has 0 saturated carbocycles. The third kappa shape index (κ3) is 8.89. The minimum absolute atomic E-state index is 0. The Morgan fingerprint density at radius 1 is 1.24 bits per heavy atom. The van der Waals surface area contributed by atoms with Crippen LogP contribution < -0.4 is 20.1 Å². The maximum atomic E-state index is 5.68. The van der Waals surface area contributed by atoms with Crippen molar-refractivity contribution in [2.24, 2.45) is 4.99 Å². The van der Waals surface area contributed by atoms with E-state index in [4.69, 9.17) is 9.47 Å².